The summed E-state index contributed by atoms with van der Waals surface area (Å²) in [5.41, 5.74) is 1.03. The van der Waals surface area contributed by atoms with Gasteiger partial charge >= 0.3 is 0 Å². The summed E-state index contributed by atoms with van der Waals surface area (Å²) in [6.07, 6.45) is 9.16. The largest absolute Gasteiger partial charge is 0.378 e. The van der Waals surface area contributed by atoms with Crippen LogP contribution in [0.5, 0.6) is 0 Å². The highest BCUT2D eigenvalue weighted by Gasteiger charge is 2.24. The molecule has 2 fully saturated rings. The Morgan fingerprint density at radius 3 is 2.26 bits per heavy atom. The Labute approximate surface area is 205 Å². The number of nitrogens with zero attached hydrogens (tertiary/aromatic N) is 7. The molecule has 0 amide bonds. The number of hydrogen-bond donors (Lipinski definition) is 0. The smallest absolute Gasteiger partial charge is 0.230 e. The molecule has 0 bridgehead atoms. The predicted molar refractivity (Wildman–Crippen MR) is 140 cm³/mol. The van der Waals surface area contributed by atoms with Crippen molar-refractivity contribution in [1.29, 1.82) is 0 Å². The third-order valence-corrected chi connectivity index (χ3v) is 6.67. The summed E-state index contributed by atoms with van der Waals surface area (Å²) in [6, 6.07) is 14.7. The summed E-state index contributed by atoms with van der Waals surface area (Å²) >= 11 is 0. The van der Waals surface area contributed by atoms with Crippen LogP contribution >= 0.6 is 0 Å². The molecule has 0 saturated carbocycles. The number of benzene rings is 2. The van der Waals surface area contributed by atoms with Gasteiger partial charge in [0.05, 0.1) is 13.2 Å². The molecule has 3 aliphatic heterocycles. The van der Waals surface area contributed by atoms with E-state index in [0.29, 0.717) is 13.2 Å². The number of fused-ring (bicyclic) bond motifs is 1. The van der Waals surface area contributed by atoms with Gasteiger partial charge in [0.15, 0.2) is 5.82 Å². The van der Waals surface area contributed by atoms with E-state index in [2.05, 4.69) is 80.4 Å². The zero-order chi connectivity index (χ0) is 23.5. The van der Waals surface area contributed by atoms with Crippen molar-refractivity contribution in [2.75, 3.05) is 62.3 Å². The lowest BCUT2D eigenvalue weighted by atomic mass is 10.0. The van der Waals surface area contributed by atoms with Crippen molar-refractivity contribution >= 4 is 28.9 Å². The van der Waals surface area contributed by atoms with Crippen molar-refractivity contribution in [3.8, 4) is 11.4 Å². The number of aromatic nitrogens is 3. The molecule has 0 unspecified atom stereocenters. The quantitative estimate of drug-likeness (QED) is 0.581. The summed E-state index contributed by atoms with van der Waals surface area (Å²) in [5.74, 6) is 3.21. The summed E-state index contributed by atoms with van der Waals surface area (Å²) in [5, 5.41) is 2.33. The monoisotopic (exact) mass is 467 g/mol. The second-order valence-electron chi connectivity index (χ2n) is 8.86. The first-order chi connectivity index (χ1) is 17.3. The van der Waals surface area contributed by atoms with E-state index in [1.807, 2.05) is 6.21 Å². The fourth-order valence-electron chi connectivity index (χ4n) is 4.75. The van der Waals surface area contributed by atoms with E-state index >= 15 is 0 Å². The van der Waals surface area contributed by atoms with E-state index in [0.717, 1.165) is 80.2 Å². The highest BCUT2D eigenvalue weighted by atomic mass is 16.5. The second-order valence-corrected chi connectivity index (χ2v) is 8.86. The van der Waals surface area contributed by atoms with E-state index < -0.39 is 0 Å². The van der Waals surface area contributed by atoms with Crippen molar-refractivity contribution in [3.63, 3.8) is 0 Å². The SMILES string of the molecule is C1=CCC=NC(N2CCN(c3nc(-c4cccc5ccccc45)nc(N4CCOCC4)n3)CC2)=C1. The fourth-order valence-corrected chi connectivity index (χ4v) is 4.75. The van der Waals surface area contributed by atoms with Crippen LogP contribution in [0.15, 0.2) is 71.5 Å². The van der Waals surface area contributed by atoms with Crippen LogP contribution in [0.25, 0.3) is 22.2 Å². The second kappa shape index (κ2) is 9.84. The van der Waals surface area contributed by atoms with Crippen LogP contribution in [0.4, 0.5) is 11.9 Å². The number of hydrogen-bond acceptors (Lipinski definition) is 8. The van der Waals surface area contributed by atoms with Crippen LogP contribution in [0.1, 0.15) is 6.42 Å². The van der Waals surface area contributed by atoms with Crippen molar-refractivity contribution in [2.45, 2.75) is 6.42 Å². The molecule has 8 nitrogen and oxygen atoms in total. The molecule has 0 spiro atoms. The Morgan fingerprint density at radius 1 is 0.714 bits per heavy atom. The highest BCUT2D eigenvalue weighted by molar-refractivity contribution is 5.95. The number of ether oxygens (including phenoxy) is 1. The molecule has 4 heterocycles. The van der Waals surface area contributed by atoms with Gasteiger partial charge in [-0.3, -0.25) is 0 Å². The highest BCUT2D eigenvalue weighted by Crippen LogP contribution is 2.29. The normalized spacial score (nSPS) is 18.6. The third kappa shape index (κ3) is 4.61. The third-order valence-electron chi connectivity index (χ3n) is 6.67. The van der Waals surface area contributed by atoms with Gasteiger partial charge < -0.3 is 19.4 Å². The first kappa shape index (κ1) is 21.7. The lowest BCUT2D eigenvalue weighted by Gasteiger charge is -2.36. The van der Waals surface area contributed by atoms with Gasteiger partial charge in [0.2, 0.25) is 11.9 Å². The average Bonchev–Trinajstić information content (AvgIpc) is 3.23. The number of piperazine rings is 1. The first-order valence-corrected chi connectivity index (χ1v) is 12.3. The Balaban J connectivity index is 1.33. The van der Waals surface area contributed by atoms with Crippen molar-refractivity contribution < 1.29 is 4.74 Å². The summed E-state index contributed by atoms with van der Waals surface area (Å²) in [4.78, 5) is 26.3. The number of rotatable bonds is 4. The molecule has 3 aromatic rings. The van der Waals surface area contributed by atoms with Crippen LogP contribution in [0.2, 0.25) is 0 Å². The Morgan fingerprint density at radius 2 is 1.43 bits per heavy atom. The van der Waals surface area contributed by atoms with Crippen LogP contribution in [0, 0.1) is 0 Å². The molecule has 3 aliphatic rings. The molecule has 2 saturated heterocycles. The molecular formula is C27H29N7O. The lowest BCUT2D eigenvalue weighted by Crippen LogP contribution is -2.46. The average molecular weight is 468 g/mol. The van der Waals surface area contributed by atoms with Gasteiger partial charge in [0.1, 0.15) is 5.82 Å². The zero-order valence-electron chi connectivity index (χ0n) is 19.8. The van der Waals surface area contributed by atoms with Crippen molar-refractivity contribution in [2.24, 2.45) is 4.99 Å². The topological polar surface area (TPSA) is 70.0 Å². The van der Waals surface area contributed by atoms with Gasteiger partial charge in [-0.25, -0.2) is 4.99 Å². The van der Waals surface area contributed by atoms with E-state index in [9.17, 15) is 0 Å². The number of anilines is 2. The van der Waals surface area contributed by atoms with Gasteiger partial charge in [0.25, 0.3) is 0 Å². The standard InChI is InChI=1S/C27H29N7O/c1-2-11-24(28-12-5-1)32-13-15-33(16-14-32)26-29-25(30-27(31-26)34-17-19-35-20-18-34)23-10-6-8-21-7-3-4-9-22(21)23/h1-4,6-12H,5,13-20H2. The maximum Gasteiger partial charge on any atom is 0.230 e. The van der Waals surface area contributed by atoms with E-state index in [4.69, 9.17) is 19.7 Å². The number of morpholine rings is 1. The van der Waals surface area contributed by atoms with Crippen molar-refractivity contribution in [3.05, 3.63) is 66.5 Å². The first-order valence-electron chi connectivity index (χ1n) is 12.3. The minimum atomic E-state index is 0.688. The summed E-state index contributed by atoms with van der Waals surface area (Å²) in [6.45, 7) is 6.35. The number of aliphatic imine (C=N–C) groups is 1. The maximum absolute atomic E-state index is 5.57. The summed E-state index contributed by atoms with van der Waals surface area (Å²) in [7, 11) is 0. The van der Waals surface area contributed by atoms with Crippen LogP contribution < -0.4 is 9.80 Å². The maximum atomic E-state index is 5.57. The van der Waals surface area contributed by atoms with Gasteiger partial charge in [-0.2, -0.15) is 15.0 Å². The van der Waals surface area contributed by atoms with Gasteiger partial charge in [-0.15, -0.1) is 0 Å². The molecule has 1 aromatic heterocycles. The van der Waals surface area contributed by atoms with Gasteiger partial charge in [-0.05, 0) is 16.8 Å². The predicted octanol–water partition coefficient (Wildman–Crippen LogP) is 3.52. The molecule has 8 heteroatoms. The zero-order valence-corrected chi connectivity index (χ0v) is 19.8. The molecule has 0 radical (unpaired) electrons. The van der Waals surface area contributed by atoms with Gasteiger partial charge in [0, 0.05) is 57.5 Å². The van der Waals surface area contributed by atoms with Gasteiger partial charge in [-0.1, -0.05) is 54.6 Å². The molecular weight excluding hydrogens is 438 g/mol. The Bertz CT molecular complexity index is 1280. The minimum absolute atomic E-state index is 0.688. The van der Waals surface area contributed by atoms with Crippen molar-refractivity contribution in [1.82, 2.24) is 19.9 Å². The molecule has 0 aliphatic carbocycles. The van der Waals surface area contributed by atoms with Crippen LogP contribution in [0.3, 0.4) is 0 Å². The fraction of sp³-hybridized carbons (Fsp3) is 0.333. The van der Waals surface area contributed by atoms with E-state index in [-0.39, 0.29) is 0 Å². The Kier molecular flexibility index (Phi) is 6.11. The molecule has 0 atom stereocenters. The lowest BCUT2D eigenvalue weighted by molar-refractivity contribution is 0.122. The Hall–Kier alpha value is -3.78. The van der Waals surface area contributed by atoms with E-state index in [1.165, 1.54) is 5.39 Å². The van der Waals surface area contributed by atoms with Crippen LogP contribution in [-0.4, -0.2) is 78.5 Å². The molecule has 178 valence electrons. The molecule has 2 aromatic carbocycles. The number of allylic oxidation sites excluding steroid dienone is 3. The molecule has 0 N–H and O–H groups in total. The van der Waals surface area contributed by atoms with E-state index in [1.54, 1.807) is 0 Å². The minimum Gasteiger partial charge on any atom is -0.378 e. The summed E-state index contributed by atoms with van der Waals surface area (Å²) < 4.78 is 5.57. The molecule has 6 rings (SSSR count). The van der Waals surface area contributed by atoms with Crippen LogP contribution in [-0.2, 0) is 4.74 Å². The molecule has 35 heavy (non-hydrogen) atoms.